The Morgan fingerprint density at radius 1 is 1.18 bits per heavy atom. The van der Waals surface area contributed by atoms with Crippen molar-refractivity contribution in [3.63, 3.8) is 0 Å². The summed E-state index contributed by atoms with van der Waals surface area (Å²) in [7, 11) is 0. The van der Waals surface area contributed by atoms with Crippen LogP contribution in [0.5, 0.6) is 0 Å². The Balaban J connectivity index is 4.05. The van der Waals surface area contributed by atoms with Crippen LogP contribution in [0, 0.1) is 0 Å². The topological polar surface area (TPSA) is 17.1 Å². The summed E-state index contributed by atoms with van der Waals surface area (Å²) in [5, 5.41) is 0. The highest BCUT2D eigenvalue weighted by Gasteiger charge is 2.00. The van der Waals surface area contributed by atoms with Gasteiger partial charge in [0.25, 0.3) is 0 Å². The molecule has 0 radical (unpaired) electrons. The minimum absolute atomic E-state index is 0.207. The molecule has 0 saturated heterocycles. The van der Waals surface area contributed by atoms with Crippen molar-refractivity contribution in [1.82, 2.24) is 0 Å². The van der Waals surface area contributed by atoms with E-state index in [9.17, 15) is 4.79 Å². The molecule has 0 saturated carbocycles. The highest BCUT2D eigenvalue weighted by molar-refractivity contribution is 5.93. The fourth-order valence-electron chi connectivity index (χ4n) is 0.930. The molecule has 0 fully saturated rings. The van der Waals surface area contributed by atoms with E-state index in [0.29, 0.717) is 0 Å². The van der Waals surface area contributed by atoms with E-state index in [0.717, 1.165) is 12.0 Å². The number of hydrogen-bond acceptors (Lipinski definition) is 1. The molecule has 0 aliphatic heterocycles. The molecule has 64 valence electrons. The third-order valence-electron chi connectivity index (χ3n) is 2.07. The lowest BCUT2D eigenvalue weighted by Crippen LogP contribution is -1.95. The van der Waals surface area contributed by atoms with Crippen molar-refractivity contribution in [1.29, 1.82) is 0 Å². The van der Waals surface area contributed by atoms with Gasteiger partial charge in [0.05, 0.1) is 0 Å². The standard InChI is InChI=1S/C10H18O/c1-5-6-7-8(2)9(3)10(4)11/h5-7H2,1-4H3/b9-8+. The first-order valence-corrected chi connectivity index (χ1v) is 4.26. The predicted molar refractivity (Wildman–Crippen MR) is 48.6 cm³/mol. The minimum atomic E-state index is 0.207. The Kier molecular flexibility index (Phi) is 4.84. The molecule has 0 aromatic rings. The third-order valence-corrected chi connectivity index (χ3v) is 2.07. The largest absolute Gasteiger partial charge is 0.295 e. The van der Waals surface area contributed by atoms with Gasteiger partial charge in [-0.1, -0.05) is 18.9 Å². The van der Waals surface area contributed by atoms with E-state index >= 15 is 0 Å². The molecule has 0 aliphatic carbocycles. The number of allylic oxidation sites excluding steroid dienone is 2. The summed E-state index contributed by atoms with van der Waals surface area (Å²) >= 11 is 0. The van der Waals surface area contributed by atoms with Gasteiger partial charge in [-0.25, -0.2) is 0 Å². The molecule has 0 bridgehead atoms. The SMILES string of the molecule is CCCC/C(C)=C(\C)C(C)=O. The molecule has 0 aromatic heterocycles. The number of hydrogen-bond donors (Lipinski definition) is 0. The van der Waals surface area contributed by atoms with Crippen LogP contribution in [-0.4, -0.2) is 5.78 Å². The number of unbranched alkanes of at least 4 members (excludes halogenated alkanes) is 1. The zero-order valence-corrected chi connectivity index (χ0v) is 8.03. The maximum absolute atomic E-state index is 10.9. The Bertz CT molecular complexity index is 166. The van der Waals surface area contributed by atoms with E-state index in [4.69, 9.17) is 0 Å². The Labute approximate surface area is 69.5 Å². The van der Waals surface area contributed by atoms with E-state index < -0.39 is 0 Å². The van der Waals surface area contributed by atoms with E-state index in [-0.39, 0.29) is 5.78 Å². The molecule has 1 heteroatoms. The van der Waals surface area contributed by atoms with Crippen molar-refractivity contribution in [3.8, 4) is 0 Å². The normalized spacial score (nSPS) is 12.7. The van der Waals surface area contributed by atoms with E-state index in [1.165, 1.54) is 18.4 Å². The summed E-state index contributed by atoms with van der Waals surface area (Å²) in [4.78, 5) is 10.9. The Morgan fingerprint density at radius 3 is 2.09 bits per heavy atom. The van der Waals surface area contributed by atoms with Gasteiger partial charge in [-0.05, 0) is 39.2 Å². The summed E-state index contributed by atoms with van der Waals surface area (Å²) in [6.07, 6.45) is 3.46. The van der Waals surface area contributed by atoms with Crippen molar-refractivity contribution in [2.24, 2.45) is 0 Å². The lowest BCUT2D eigenvalue weighted by molar-refractivity contribution is -0.113. The first-order valence-electron chi connectivity index (χ1n) is 4.26. The second-order valence-corrected chi connectivity index (χ2v) is 3.07. The smallest absolute Gasteiger partial charge is 0.155 e. The van der Waals surface area contributed by atoms with Crippen LogP contribution >= 0.6 is 0 Å². The van der Waals surface area contributed by atoms with Gasteiger partial charge >= 0.3 is 0 Å². The summed E-state index contributed by atoms with van der Waals surface area (Å²) in [6, 6.07) is 0. The van der Waals surface area contributed by atoms with Crippen LogP contribution in [0.1, 0.15) is 47.0 Å². The number of rotatable bonds is 4. The number of Topliss-reactive ketones (excluding diaryl/α,β-unsaturated/α-hetero) is 1. The van der Waals surface area contributed by atoms with Crippen LogP contribution in [0.4, 0.5) is 0 Å². The average molecular weight is 154 g/mol. The zero-order valence-electron chi connectivity index (χ0n) is 8.03. The van der Waals surface area contributed by atoms with Crippen molar-refractivity contribution >= 4 is 5.78 Å². The van der Waals surface area contributed by atoms with Crippen molar-refractivity contribution in [2.45, 2.75) is 47.0 Å². The van der Waals surface area contributed by atoms with Gasteiger partial charge in [-0.3, -0.25) is 4.79 Å². The highest BCUT2D eigenvalue weighted by Crippen LogP contribution is 2.11. The van der Waals surface area contributed by atoms with Gasteiger partial charge in [0.2, 0.25) is 0 Å². The minimum Gasteiger partial charge on any atom is -0.295 e. The fourth-order valence-corrected chi connectivity index (χ4v) is 0.930. The predicted octanol–water partition coefficient (Wildman–Crippen LogP) is 3.10. The number of carbonyl (C=O) groups is 1. The summed E-state index contributed by atoms with van der Waals surface area (Å²) in [5.74, 6) is 0.207. The Morgan fingerprint density at radius 2 is 1.73 bits per heavy atom. The van der Waals surface area contributed by atoms with Crippen LogP contribution in [0.3, 0.4) is 0 Å². The maximum atomic E-state index is 10.9. The van der Waals surface area contributed by atoms with Crippen LogP contribution in [-0.2, 0) is 4.79 Å². The molecule has 1 nitrogen and oxygen atoms in total. The molecule has 0 atom stereocenters. The molecule has 0 N–H and O–H groups in total. The molecule has 0 aliphatic rings. The van der Waals surface area contributed by atoms with Crippen LogP contribution in [0.25, 0.3) is 0 Å². The third kappa shape index (κ3) is 3.97. The van der Waals surface area contributed by atoms with Gasteiger partial charge in [0.15, 0.2) is 5.78 Å². The fraction of sp³-hybridized carbons (Fsp3) is 0.700. The molecule has 0 amide bonds. The molecule has 0 rings (SSSR count). The molecule has 0 aromatic carbocycles. The van der Waals surface area contributed by atoms with Crippen molar-refractivity contribution in [2.75, 3.05) is 0 Å². The summed E-state index contributed by atoms with van der Waals surface area (Å²) < 4.78 is 0. The monoisotopic (exact) mass is 154 g/mol. The number of ketones is 1. The van der Waals surface area contributed by atoms with Gasteiger partial charge in [0, 0.05) is 0 Å². The van der Waals surface area contributed by atoms with Crippen molar-refractivity contribution in [3.05, 3.63) is 11.1 Å². The molecular weight excluding hydrogens is 136 g/mol. The van der Waals surface area contributed by atoms with E-state index in [2.05, 4.69) is 6.92 Å². The molecule has 0 unspecified atom stereocenters. The van der Waals surface area contributed by atoms with Crippen LogP contribution < -0.4 is 0 Å². The maximum Gasteiger partial charge on any atom is 0.155 e. The highest BCUT2D eigenvalue weighted by atomic mass is 16.1. The van der Waals surface area contributed by atoms with Gasteiger partial charge in [-0.2, -0.15) is 0 Å². The Hall–Kier alpha value is -0.590. The molecule has 0 spiro atoms. The zero-order chi connectivity index (χ0) is 8.85. The van der Waals surface area contributed by atoms with E-state index in [1.54, 1.807) is 6.92 Å². The number of carbonyl (C=O) groups excluding carboxylic acids is 1. The van der Waals surface area contributed by atoms with Crippen LogP contribution in [0.2, 0.25) is 0 Å². The van der Waals surface area contributed by atoms with Gasteiger partial charge in [-0.15, -0.1) is 0 Å². The van der Waals surface area contributed by atoms with Crippen LogP contribution in [0.15, 0.2) is 11.1 Å². The quantitative estimate of drug-likeness (QED) is 0.569. The van der Waals surface area contributed by atoms with Gasteiger partial charge < -0.3 is 0 Å². The summed E-state index contributed by atoms with van der Waals surface area (Å²) in [6.45, 7) is 7.75. The second kappa shape index (κ2) is 5.11. The molecular formula is C10H18O. The lowest BCUT2D eigenvalue weighted by Gasteiger charge is -2.02. The second-order valence-electron chi connectivity index (χ2n) is 3.07. The summed E-state index contributed by atoms with van der Waals surface area (Å²) in [5.41, 5.74) is 2.19. The first kappa shape index (κ1) is 10.4. The molecule has 0 heterocycles. The lowest BCUT2D eigenvalue weighted by atomic mass is 10.0. The molecule has 11 heavy (non-hydrogen) atoms. The van der Waals surface area contributed by atoms with Crippen molar-refractivity contribution < 1.29 is 4.79 Å². The van der Waals surface area contributed by atoms with Gasteiger partial charge in [0.1, 0.15) is 0 Å². The average Bonchev–Trinajstić information content (AvgIpc) is 1.98. The van der Waals surface area contributed by atoms with E-state index in [1.807, 2.05) is 13.8 Å². The first-order chi connectivity index (χ1) is 5.09.